The molecule has 132 valence electrons. The second-order valence-electron chi connectivity index (χ2n) is 7.50. The van der Waals surface area contributed by atoms with Gasteiger partial charge in [0.25, 0.3) is 0 Å². The summed E-state index contributed by atoms with van der Waals surface area (Å²) in [5.41, 5.74) is 2.18. The molecule has 5 heteroatoms. The van der Waals surface area contributed by atoms with Crippen molar-refractivity contribution in [1.82, 2.24) is 0 Å². The van der Waals surface area contributed by atoms with E-state index in [-0.39, 0.29) is 0 Å². The van der Waals surface area contributed by atoms with E-state index >= 15 is 0 Å². The lowest BCUT2D eigenvalue weighted by Crippen LogP contribution is -2.41. The van der Waals surface area contributed by atoms with Crippen molar-refractivity contribution in [3.8, 4) is 5.75 Å². The standard InChI is InChI=1S/C20H24BClO3/c1-14-11-16(21-24-19(2,3)20(4,5)25-21)17(22)12-18(14)23-13-15-9-7-6-8-10-15/h6-12H,13H2,1-5H3. The molecule has 0 spiro atoms. The summed E-state index contributed by atoms with van der Waals surface area (Å²) < 4.78 is 18.2. The number of rotatable bonds is 4. The van der Waals surface area contributed by atoms with Crippen LogP contribution in [-0.2, 0) is 15.9 Å². The minimum atomic E-state index is -0.473. The van der Waals surface area contributed by atoms with Crippen LogP contribution < -0.4 is 10.2 Å². The monoisotopic (exact) mass is 358 g/mol. The molecular weight excluding hydrogens is 334 g/mol. The molecule has 0 radical (unpaired) electrons. The maximum Gasteiger partial charge on any atom is 0.496 e. The van der Waals surface area contributed by atoms with Gasteiger partial charge < -0.3 is 14.0 Å². The third-order valence-corrected chi connectivity index (χ3v) is 5.37. The van der Waals surface area contributed by atoms with Gasteiger partial charge in [0.1, 0.15) is 12.4 Å². The van der Waals surface area contributed by atoms with Gasteiger partial charge in [-0.05, 0) is 51.8 Å². The summed E-state index contributed by atoms with van der Waals surface area (Å²) in [5, 5.41) is 0.590. The fourth-order valence-corrected chi connectivity index (χ4v) is 2.97. The highest BCUT2D eigenvalue weighted by Crippen LogP contribution is 2.37. The zero-order valence-electron chi connectivity index (χ0n) is 15.4. The largest absolute Gasteiger partial charge is 0.496 e. The number of halogens is 1. The highest BCUT2D eigenvalue weighted by Gasteiger charge is 2.52. The maximum absolute atomic E-state index is 6.51. The first-order valence-electron chi connectivity index (χ1n) is 8.52. The van der Waals surface area contributed by atoms with Crippen molar-refractivity contribution < 1.29 is 14.0 Å². The van der Waals surface area contributed by atoms with E-state index in [1.165, 1.54) is 0 Å². The Hall–Kier alpha value is -1.49. The van der Waals surface area contributed by atoms with Crippen molar-refractivity contribution in [2.45, 2.75) is 52.4 Å². The van der Waals surface area contributed by atoms with E-state index in [1.54, 1.807) is 0 Å². The molecule has 1 fully saturated rings. The third-order valence-electron chi connectivity index (χ3n) is 5.04. The fourth-order valence-electron chi connectivity index (χ4n) is 2.73. The molecule has 3 nitrogen and oxygen atoms in total. The van der Waals surface area contributed by atoms with Gasteiger partial charge in [-0.15, -0.1) is 0 Å². The van der Waals surface area contributed by atoms with E-state index in [1.807, 2.05) is 77.1 Å². The zero-order valence-corrected chi connectivity index (χ0v) is 16.2. The number of hydrogen-bond donors (Lipinski definition) is 0. The minimum Gasteiger partial charge on any atom is -0.489 e. The van der Waals surface area contributed by atoms with Gasteiger partial charge in [0, 0.05) is 10.5 Å². The van der Waals surface area contributed by atoms with Crippen LogP contribution in [0.3, 0.4) is 0 Å². The van der Waals surface area contributed by atoms with Gasteiger partial charge in [0.15, 0.2) is 0 Å². The summed E-state index contributed by atoms with van der Waals surface area (Å²) in [7, 11) is -0.473. The van der Waals surface area contributed by atoms with Gasteiger partial charge >= 0.3 is 7.12 Å². The Balaban J connectivity index is 1.79. The molecule has 2 aromatic rings. The minimum absolute atomic E-state index is 0.391. The molecule has 0 saturated carbocycles. The van der Waals surface area contributed by atoms with E-state index in [9.17, 15) is 0 Å². The smallest absolute Gasteiger partial charge is 0.489 e. The molecule has 1 aliphatic heterocycles. The van der Waals surface area contributed by atoms with Crippen molar-refractivity contribution in [3.63, 3.8) is 0 Å². The summed E-state index contributed by atoms with van der Waals surface area (Å²) in [6.45, 7) is 10.6. The zero-order chi connectivity index (χ0) is 18.2. The molecule has 0 aliphatic carbocycles. The van der Waals surface area contributed by atoms with E-state index < -0.39 is 18.3 Å². The van der Waals surface area contributed by atoms with Gasteiger partial charge in [-0.1, -0.05) is 48.0 Å². The second-order valence-corrected chi connectivity index (χ2v) is 7.91. The molecule has 0 atom stereocenters. The summed E-state index contributed by atoms with van der Waals surface area (Å²) >= 11 is 6.51. The lowest BCUT2D eigenvalue weighted by Gasteiger charge is -2.32. The Kier molecular flexibility index (Phi) is 4.89. The van der Waals surface area contributed by atoms with Crippen molar-refractivity contribution in [2.24, 2.45) is 0 Å². The maximum atomic E-state index is 6.51. The van der Waals surface area contributed by atoms with Gasteiger partial charge in [-0.25, -0.2) is 0 Å². The average Bonchev–Trinajstić information content (AvgIpc) is 2.76. The Morgan fingerprint density at radius 3 is 2.20 bits per heavy atom. The van der Waals surface area contributed by atoms with Crippen LogP contribution in [0.15, 0.2) is 42.5 Å². The Bertz CT molecular complexity index is 743. The van der Waals surface area contributed by atoms with E-state index in [0.29, 0.717) is 11.6 Å². The fraction of sp³-hybridized carbons (Fsp3) is 0.400. The Morgan fingerprint density at radius 2 is 1.60 bits per heavy atom. The molecule has 0 N–H and O–H groups in total. The molecule has 1 aliphatic rings. The van der Waals surface area contributed by atoms with Crippen LogP contribution in [0.2, 0.25) is 5.02 Å². The van der Waals surface area contributed by atoms with E-state index in [0.717, 1.165) is 22.3 Å². The molecule has 0 unspecified atom stereocenters. The van der Waals surface area contributed by atoms with Gasteiger partial charge in [0.05, 0.1) is 11.2 Å². The summed E-state index contributed by atoms with van der Waals surface area (Å²) in [4.78, 5) is 0. The SMILES string of the molecule is Cc1cc(B2OC(C)(C)C(C)(C)O2)c(Cl)cc1OCc1ccccc1. The van der Waals surface area contributed by atoms with Crippen molar-refractivity contribution >= 4 is 24.2 Å². The molecule has 0 amide bonds. The van der Waals surface area contributed by atoms with Crippen molar-refractivity contribution in [2.75, 3.05) is 0 Å². The van der Waals surface area contributed by atoms with E-state index in [2.05, 4.69) is 0 Å². The molecular formula is C20H24BClO3. The number of hydrogen-bond acceptors (Lipinski definition) is 3. The number of benzene rings is 2. The molecule has 1 heterocycles. The molecule has 0 bridgehead atoms. The Morgan fingerprint density at radius 1 is 1.00 bits per heavy atom. The normalized spacial score (nSPS) is 18.4. The average molecular weight is 359 g/mol. The Labute approximate surface area is 155 Å². The second kappa shape index (κ2) is 6.67. The molecule has 3 rings (SSSR count). The van der Waals surface area contributed by atoms with Gasteiger partial charge in [-0.3, -0.25) is 0 Å². The van der Waals surface area contributed by atoms with E-state index in [4.69, 9.17) is 25.6 Å². The predicted octanol–water partition coefficient (Wildman–Crippen LogP) is 4.53. The highest BCUT2D eigenvalue weighted by molar-refractivity contribution is 6.65. The third kappa shape index (κ3) is 3.71. The van der Waals surface area contributed by atoms with Gasteiger partial charge in [0.2, 0.25) is 0 Å². The quantitative estimate of drug-likeness (QED) is 0.752. The number of ether oxygens (including phenoxy) is 1. The topological polar surface area (TPSA) is 27.7 Å². The van der Waals surface area contributed by atoms with Crippen LogP contribution in [0, 0.1) is 6.92 Å². The van der Waals surface area contributed by atoms with Crippen LogP contribution in [0.4, 0.5) is 0 Å². The predicted molar refractivity (Wildman–Crippen MR) is 103 cm³/mol. The summed E-state index contributed by atoms with van der Waals surface area (Å²) in [5.74, 6) is 0.772. The first-order chi connectivity index (χ1) is 11.7. The van der Waals surface area contributed by atoms with Crippen LogP contribution in [0.5, 0.6) is 5.75 Å². The first kappa shape index (κ1) is 18.3. The molecule has 0 aromatic heterocycles. The molecule has 2 aromatic carbocycles. The summed E-state index contributed by atoms with van der Waals surface area (Å²) in [6, 6.07) is 13.9. The van der Waals surface area contributed by atoms with Crippen LogP contribution in [0.1, 0.15) is 38.8 Å². The summed E-state index contributed by atoms with van der Waals surface area (Å²) in [6.07, 6.45) is 0. The van der Waals surface area contributed by atoms with Crippen LogP contribution in [0.25, 0.3) is 0 Å². The highest BCUT2D eigenvalue weighted by atomic mass is 35.5. The number of aryl methyl sites for hydroxylation is 1. The molecule has 25 heavy (non-hydrogen) atoms. The van der Waals surface area contributed by atoms with Crippen molar-refractivity contribution in [3.05, 3.63) is 58.6 Å². The van der Waals surface area contributed by atoms with Crippen LogP contribution >= 0.6 is 11.6 Å². The lowest BCUT2D eigenvalue weighted by atomic mass is 9.78. The van der Waals surface area contributed by atoms with Gasteiger partial charge in [-0.2, -0.15) is 0 Å². The first-order valence-corrected chi connectivity index (χ1v) is 8.90. The molecule has 1 saturated heterocycles. The van der Waals surface area contributed by atoms with Crippen molar-refractivity contribution in [1.29, 1.82) is 0 Å². The lowest BCUT2D eigenvalue weighted by molar-refractivity contribution is 0.00578. The van der Waals surface area contributed by atoms with Crippen LogP contribution in [-0.4, -0.2) is 18.3 Å².